The summed E-state index contributed by atoms with van der Waals surface area (Å²) >= 11 is 0. The van der Waals surface area contributed by atoms with Gasteiger partial charge in [0.25, 0.3) is 5.91 Å². The molecule has 0 saturated carbocycles. The minimum absolute atomic E-state index is 0.0321. The number of nitrogens with zero attached hydrogens (tertiary/aromatic N) is 2. The van der Waals surface area contributed by atoms with Crippen molar-refractivity contribution in [1.29, 1.82) is 0 Å². The molecule has 1 heterocycles. The highest BCUT2D eigenvalue weighted by Gasteiger charge is 2.16. The molecule has 0 spiro atoms. The summed E-state index contributed by atoms with van der Waals surface area (Å²) in [5.41, 5.74) is 6.67. The molecule has 208 valence electrons. The third-order valence-electron chi connectivity index (χ3n) is 5.51. The van der Waals surface area contributed by atoms with Crippen LogP contribution in [0.15, 0.2) is 40.9 Å². The molecule has 0 aliphatic heterocycles. The third kappa shape index (κ3) is 10.6. The van der Waals surface area contributed by atoms with E-state index >= 15 is 0 Å². The Morgan fingerprint density at radius 1 is 0.949 bits per heavy atom. The van der Waals surface area contributed by atoms with Gasteiger partial charge in [-0.25, -0.2) is 14.0 Å². The van der Waals surface area contributed by atoms with Crippen molar-refractivity contribution in [2.24, 2.45) is 4.36 Å². The highest BCUT2D eigenvalue weighted by atomic mass is 32.2. The van der Waals surface area contributed by atoms with Gasteiger partial charge in [-0.3, -0.25) is 14.4 Å². The maximum atomic E-state index is 13.6. The summed E-state index contributed by atoms with van der Waals surface area (Å²) < 4.78 is 26.9. The van der Waals surface area contributed by atoms with Crippen LogP contribution in [0.25, 0.3) is 0 Å². The van der Waals surface area contributed by atoms with Crippen molar-refractivity contribution < 1.29 is 38.0 Å². The summed E-state index contributed by atoms with van der Waals surface area (Å²) in [6.07, 6.45) is 3.13. The number of carboxylic acid groups (broad SMARTS) is 1. The Bertz CT molecular complexity index is 1370. The Morgan fingerprint density at radius 2 is 1.56 bits per heavy atom. The summed E-state index contributed by atoms with van der Waals surface area (Å²) in [6, 6.07) is 7.41. The molecular weight excluding hydrogens is 526 g/mol. The predicted octanol–water partition coefficient (Wildman–Crippen LogP) is 3.06. The van der Waals surface area contributed by atoms with Gasteiger partial charge in [-0.15, -0.1) is 0 Å². The zero-order valence-corrected chi connectivity index (χ0v) is 22.6. The van der Waals surface area contributed by atoms with Crippen molar-refractivity contribution in [2.45, 2.75) is 38.5 Å². The fourth-order valence-corrected chi connectivity index (χ4v) is 5.46. The fraction of sp³-hybridized carbons (Fsp3) is 0.370. The summed E-state index contributed by atoms with van der Waals surface area (Å²) in [4.78, 5) is 50.9. The lowest BCUT2D eigenvalue weighted by Crippen LogP contribution is -2.15. The molecule has 0 saturated heterocycles. The van der Waals surface area contributed by atoms with Gasteiger partial charge < -0.3 is 20.3 Å². The SMILES string of the molecule is COC(=O)CCCCS(=O)(CCCCC(=O)OC)=NC(=O)c1cnc(N)c(C#Cc2cccc(C(=O)O)c2)c1. The van der Waals surface area contributed by atoms with Gasteiger partial charge in [0.1, 0.15) is 5.82 Å². The number of aromatic carboxylic acids is 1. The van der Waals surface area contributed by atoms with Gasteiger partial charge in [-0.05, 0) is 49.9 Å². The van der Waals surface area contributed by atoms with Gasteiger partial charge in [-0.2, -0.15) is 4.36 Å². The largest absolute Gasteiger partial charge is 0.478 e. The molecule has 39 heavy (non-hydrogen) atoms. The van der Waals surface area contributed by atoms with E-state index in [0.717, 1.165) is 0 Å². The van der Waals surface area contributed by atoms with Crippen molar-refractivity contribution in [1.82, 2.24) is 4.98 Å². The third-order valence-corrected chi connectivity index (χ3v) is 7.86. The normalized spacial score (nSPS) is 10.6. The van der Waals surface area contributed by atoms with E-state index in [9.17, 15) is 23.4 Å². The molecule has 11 nitrogen and oxygen atoms in total. The molecule has 2 rings (SSSR count). The predicted molar refractivity (Wildman–Crippen MR) is 144 cm³/mol. The number of pyridine rings is 1. The van der Waals surface area contributed by atoms with Crippen LogP contribution in [0.4, 0.5) is 5.82 Å². The van der Waals surface area contributed by atoms with Crippen LogP contribution in [-0.4, -0.2) is 63.8 Å². The molecule has 0 atom stereocenters. The number of esters is 2. The molecule has 0 bridgehead atoms. The highest BCUT2D eigenvalue weighted by molar-refractivity contribution is 7.93. The second kappa shape index (κ2) is 15.2. The van der Waals surface area contributed by atoms with E-state index in [0.29, 0.717) is 31.2 Å². The van der Waals surface area contributed by atoms with E-state index in [-0.39, 0.29) is 58.8 Å². The molecule has 0 unspecified atom stereocenters. The highest BCUT2D eigenvalue weighted by Crippen LogP contribution is 2.15. The van der Waals surface area contributed by atoms with Crippen LogP contribution >= 0.6 is 0 Å². The van der Waals surface area contributed by atoms with E-state index in [1.165, 1.54) is 38.6 Å². The van der Waals surface area contributed by atoms with Gasteiger partial charge in [0, 0.05) is 36.1 Å². The van der Waals surface area contributed by atoms with E-state index < -0.39 is 21.6 Å². The molecule has 0 radical (unpaired) electrons. The van der Waals surface area contributed by atoms with Gasteiger partial charge in [0.15, 0.2) is 0 Å². The Kier molecular flexibility index (Phi) is 12.1. The maximum Gasteiger partial charge on any atom is 0.335 e. The summed E-state index contributed by atoms with van der Waals surface area (Å²) in [7, 11) is -0.446. The number of hydrogen-bond donors (Lipinski definition) is 2. The number of anilines is 1. The van der Waals surface area contributed by atoms with Crippen LogP contribution in [0.5, 0.6) is 0 Å². The minimum atomic E-state index is -3.02. The first kappa shape index (κ1) is 31.0. The second-order valence-electron chi connectivity index (χ2n) is 8.44. The van der Waals surface area contributed by atoms with Crippen LogP contribution in [0, 0.1) is 11.8 Å². The number of methoxy groups -OCH3 is 2. The van der Waals surface area contributed by atoms with E-state index in [4.69, 9.17) is 10.8 Å². The average Bonchev–Trinajstić information content (AvgIpc) is 2.92. The molecule has 1 amide bonds. The van der Waals surface area contributed by atoms with Crippen LogP contribution in [-0.2, 0) is 28.8 Å². The summed E-state index contributed by atoms with van der Waals surface area (Å²) in [5.74, 6) is 3.19. The lowest BCUT2D eigenvalue weighted by Gasteiger charge is -2.10. The van der Waals surface area contributed by atoms with Crippen molar-refractivity contribution >= 4 is 39.4 Å². The lowest BCUT2D eigenvalue weighted by atomic mass is 10.1. The van der Waals surface area contributed by atoms with Crippen molar-refractivity contribution in [2.75, 3.05) is 31.5 Å². The number of amides is 1. The van der Waals surface area contributed by atoms with Crippen LogP contribution in [0.3, 0.4) is 0 Å². The fourth-order valence-electron chi connectivity index (χ4n) is 3.36. The monoisotopic (exact) mass is 557 g/mol. The van der Waals surface area contributed by atoms with Gasteiger partial charge in [0.2, 0.25) is 0 Å². The van der Waals surface area contributed by atoms with Gasteiger partial charge in [0.05, 0.1) is 40.6 Å². The van der Waals surface area contributed by atoms with E-state index in [1.54, 1.807) is 12.1 Å². The number of carbonyl (C=O) groups excluding carboxylic acids is 3. The molecule has 12 heteroatoms. The molecular formula is C27H31N3O8S. The first-order valence-electron chi connectivity index (χ1n) is 12.1. The molecule has 1 aromatic carbocycles. The Hall–Kier alpha value is -4.24. The lowest BCUT2D eigenvalue weighted by molar-refractivity contribution is -0.141. The zero-order chi connectivity index (χ0) is 28.8. The Balaban J connectivity index is 2.27. The van der Waals surface area contributed by atoms with Crippen LogP contribution in [0.2, 0.25) is 0 Å². The number of rotatable bonds is 12. The Morgan fingerprint density at radius 3 is 2.13 bits per heavy atom. The van der Waals surface area contributed by atoms with Crippen LogP contribution < -0.4 is 5.73 Å². The minimum Gasteiger partial charge on any atom is -0.478 e. The zero-order valence-electron chi connectivity index (χ0n) is 21.8. The number of aromatic nitrogens is 1. The van der Waals surface area contributed by atoms with E-state index in [1.807, 2.05) is 0 Å². The molecule has 1 aromatic heterocycles. The number of nitrogen functional groups attached to an aromatic ring is 1. The summed E-state index contributed by atoms with van der Waals surface area (Å²) in [5, 5.41) is 9.15. The number of nitrogens with two attached hydrogens (primary N) is 1. The number of hydrogen-bond acceptors (Lipinski definition) is 9. The van der Waals surface area contributed by atoms with Crippen LogP contribution in [0.1, 0.15) is 70.4 Å². The van der Waals surface area contributed by atoms with Gasteiger partial charge in [-0.1, -0.05) is 17.9 Å². The topological polar surface area (TPSA) is 175 Å². The molecule has 0 aliphatic carbocycles. The number of carboxylic acids is 1. The van der Waals surface area contributed by atoms with E-state index in [2.05, 4.69) is 30.7 Å². The molecule has 0 aliphatic rings. The first-order chi connectivity index (χ1) is 18.6. The Labute approximate surface area is 227 Å². The molecule has 2 aromatic rings. The second-order valence-corrected chi connectivity index (χ2v) is 11.0. The van der Waals surface area contributed by atoms with Gasteiger partial charge >= 0.3 is 17.9 Å². The number of carbonyl (C=O) groups is 4. The molecule has 3 N–H and O–H groups in total. The number of ether oxygens (including phenoxy) is 2. The van der Waals surface area contributed by atoms with Crippen molar-refractivity contribution in [3.63, 3.8) is 0 Å². The van der Waals surface area contributed by atoms with Crippen molar-refractivity contribution in [3.05, 3.63) is 58.8 Å². The first-order valence-corrected chi connectivity index (χ1v) is 13.9. The number of benzene rings is 1. The summed E-state index contributed by atoms with van der Waals surface area (Å²) in [6.45, 7) is 0. The van der Waals surface area contributed by atoms with Crippen molar-refractivity contribution in [3.8, 4) is 11.8 Å². The quantitative estimate of drug-likeness (QED) is 0.224. The molecule has 0 fully saturated rings. The maximum absolute atomic E-state index is 13.6. The average molecular weight is 558 g/mol. The standard InChI is InChI=1S/C27H31N3O8S/c1-37-23(31)10-3-5-14-39(36,15-6-4-11-24(32)38-2)30-26(33)22-17-20(25(28)29-18-22)13-12-19-8-7-9-21(16-19)27(34)35/h7-9,16-18H,3-6,10-11,14-15H2,1-2H3,(H2,28,29)(H,34,35). The smallest absolute Gasteiger partial charge is 0.335 e. The number of unbranched alkanes of at least 4 members (excludes halogenated alkanes) is 2.